The van der Waals surface area contributed by atoms with Crippen LogP contribution in [0.25, 0.3) is 5.76 Å². The number of anilines is 2. The Morgan fingerprint density at radius 1 is 1.03 bits per heavy atom. The van der Waals surface area contributed by atoms with Gasteiger partial charge in [0.25, 0.3) is 17.4 Å². The van der Waals surface area contributed by atoms with E-state index in [1.165, 1.54) is 35.2 Å². The Morgan fingerprint density at radius 2 is 1.68 bits per heavy atom. The Kier molecular flexibility index (Phi) is 6.08. The summed E-state index contributed by atoms with van der Waals surface area (Å²) in [5, 5.41) is 22.9. The summed E-state index contributed by atoms with van der Waals surface area (Å²) in [6.07, 6.45) is 0. The van der Waals surface area contributed by atoms with Crippen molar-refractivity contribution in [2.24, 2.45) is 0 Å². The first-order valence-electron chi connectivity index (χ1n) is 10.3. The van der Waals surface area contributed by atoms with Gasteiger partial charge in [0, 0.05) is 48.2 Å². The molecule has 0 unspecified atom stereocenters. The zero-order chi connectivity index (χ0) is 24.6. The fraction of sp³-hybridized carbons (Fsp3) is 0.120. The lowest BCUT2D eigenvalue weighted by molar-refractivity contribution is -0.384. The lowest BCUT2D eigenvalue weighted by atomic mass is 9.95. The van der Waals surface area contributed by atoms with Crippen LogP contribution in [0.2, 0.25) is 5.02 Å². The third kappa shape index (κ3) is 4.11. The van der Waals surface area contributed by atoms with E-state index in [1.807, 2.05) is 19.0 Å². The third-order valence-electron chi connectivity index (χ3n) is 5.60. The van der Waals surface area contributed by atoms with Gasteiger partial charge in [0.1, 0.15) is 5.76 Å². The van der Waals surface area contributed by atoms with Gasteiger partial charge in [-0.1, -0.05) is 23.7 Å². The van der Waals surface area contributed by atoms with Crippen LogP contribution in [0, 0.1) is 10.1 Å². The van der Waals surface area contributed by atoms with Gasteiger partial charge in [0.2, 0.25) is 0 Å². The molecule has 1 N–H and O–H groups in total. The molecular weight excluding hydrogens is 458 g/mol. The van der Waals surface area contributed by atoms with Gasteiger partial charge < -0.3 is 10.0 Å². The monoisotopic (exact) mass is 477 g/mol. The molecule has 0 saturated carbocycles. The topological polar surface area (TPSA) is 104 Å². The maximum atomic E-state index is 13.2. The van der Waals surface area contributed by atoms with E-state index in [1.54, 1.807) is 42.5 Å². The second-order valence-corrected chi connectivity index (χ2v) is 8.38. The van der Waals surface area contributed by atoms with E-state index in [0.29, 0.717) is 21.8 Å². The average Bonchev–Trinajstić information content (AvgIpc) is 3.09. The summed E-state index contributed by atoms with van der Waals surface area (Å²) in [6, 6.07) is 17.7. The van der Waals surface area contributed by atoms with Gasteiger partial charge in [-0.3, -0.25) is 24.6 Å². The summed E-state index contributed by atoms with van der Waals surface area (Å²) in [4.78, 5) is 40.3. The molecule has 0 radical (unpaired) electrons. The van der Waals surface area contributed by atoms with Gasteiger partial charge in [-0.2, -0.15) is 0 Å². The lowest BCUT2D eigenvalue weighted by Crippen LogP contribution is -2.29. The Labute approximate surface area is 200 Å². The summed E-state index contributed by atoms with van der Waals surface area (Å²) in [7, 11) is 3.74. The molecule has 1 aliphatic rings. The highest BCUT2D eigenvalue weighted by Gasteiger charge is 2.47. The van der Waals surface area contributed by atoms with Gasteiger partial charge in [0.05, 0.1) is 16.5 Å². The summed E-state index contributed by atoms with van der Waals surface area (Å²) < 4.78 is 0. The zero-order valence-corrected chi connectivity index (χ0v) is 19.1. The molecule has 0 bridgehead atoms. The number of nitrogens with zero attached hydrogens (tertiary/aromatic N) is 3. The summed E-state index contributed by atoms with van der Waals surface area (Å²) >= 11 is 5.94. The highest BCUT2D eigenvalue weighted by Crippen LogP contribution is 2.43. The number of halogens is 1. The fourth-order valence-electron chi connectivity index (χ4n) is 3.90. The van der Waals surface area contributed by atoms with Crippen molar-refractivity contribution in [1.82, 2.24) is 0 Å². The van der Waals surface area contributed by atoms with E-state index in [2.05, 4.69) is 0 Å². The molecule has 1 saturated heterocycles. The van der Waals surface area contributed by atoms with Gasteiger partial charge in [-0.05, 0) is 54.1 Å². The molecule has 8 nitrogen and oxygen atoms in total. The predicted octanol–water partition coefficient (Wildman–Crippen LogP) is 4.94. The number of rotatable bonds is 5. The molecule has 4 rings (SSSR count). The minimum absolute atomic E-state index is 0.162. The van der Waals surface area contributed by atoms with Gasteiger partial charge in [-0.25, -0.2) is 0 Å². The van der Waals surface area contributed by atoms with Crippen LogP contribution in [0.3, 0.4) is 0 Å². The number of amides is 1. The van der Waals surface area contributed by atoms with Crippen LogP contribution in [-0.2, 0) is 9.59 Å². The smallest absolute Gasteiger partial charge is 0.300 e. The minimum Gasteiger partial charge on any atom is -0.507 e. The minimum atomic E-state index is -1.07. The number of hydrogen-bond acceptors (Lipinski definition) is 6. The second-order valence-electron chi connectivity index (χ2n) is 7.94. The molecule has 172 valence electrons. The average molecular weight is 478 g/mol. The molecule has 1 heterocycles. The molecule has 3 aromatic rings. The molecule has 34 heavy (non-hydrogen) atoms. The maximum absolute atomic E-state index is 13.2. The number of ketones is 1. The molecular formula is C25H20ClN3O5. The molecule has 0 aliphatic carbocycles. The van der Waals surface area contributed by atoms with Crippen LogP contribution < -0.4 is 9.80 Å². The number of carbonyl (C=O) groups is 2. The van der Waals surface area contributed by atoms with Gasteiger partial charge >= 0.3 is 0 Å². The van der Waals surface area contributed by atoms with E-state index in [4.69, 9.17) is 11.6 Å². The first-order valence-corrected chi connectivity index (χ1v) is 10.7. The van der Waals surface area contributed by atoms with Crippen LogP contribution in [0.15, 0.2) is 78.4 Å². The fourth-order valence-corrected chi connectivity index (χ4v) is 4.02. The largest absolute Gasteiger partial charge is 0.507 e. The van der Waals surface area contributed by atoms with Crippen LogP contribution in [0.4, 0.5) is 17.1 Å². The Hall–Kier alpha value is -4.17. The standard InChI is InChI=1S/C25H20ClN3O5/c1-27(2)18-10-12-19(13-11-18)28-22(16-4-3-5-20(14-16)29(33)34)21(24(31)25(28)32)23(30)15-6-8-17(26)9-7-15/h3-14,22,30H,1-2H3/t22-/m0/s1. The van der Waals surface area contributed by atoms with Crippen LogP contribution >= 0.6 is 11.6 Å². The summed E-state index contributed by atoms with van der Waals surface area (Å²) in [5.74, 6) is -2.12. The number of nitro benzene ring substituents is 1. The molecule has 1 aliphatic heterocycles. The van der Waals surface area contributed by atoms with E-state index >= 15 is 0 Å². The van der Waals surface area contributed by atoms with Crippen molar-refractivity contribution in [2.75, 3.05) is 23.9 Å². The number of nitro groups is 1. The van der Waals surface area contributed by atoms with Crippen molar-refractivity contribution in [2.45, 2.75) is 6.04 Å². The van der Waals surface area contributed by atoms with E-state index in [-0.39, 0.29) is 17.0 Å². The number of hydrogen-bond donors (Lipinski definition) is 1. The summed E-state index contributed by atoms with van der Waals surface area (Å²) in [6.45, 7) is 0. The number of aliphatic hydroxyl groups excluding tert-OH is 1. The highest BCUT2D eigenvalue weighted by molar-refractivity contribution is 6.51. The molecule has 9 heteroatoms. The van der Waals surface area contributed by atoms with Crippen LogP contribution in [-0.4, -0.2) is 35.8 Å². The Bertz CT molecular complexity index is 1320. The van der Waals surface area contributed by atoms with Crippen molar-refractivity contribution in [1.29, 1.82) is 0 Å². The molecule has 3 aromatic carbocycles. The molecule has 1 fully saturated rings. The van der Waals surface area contributed by atoms with Gasteiger partial charge in [-0.15, -0.1) is 0 Å². The number of benzene rings is 3. The quantitative estimate of drug-likeness (QED) is 0.183. The van der Waals surface area contributed by atoms with Crippen molar-refractivity contribution < 1.29 is 19.6 Å². The van der Waals surface area contributed by atoms with Crippen molar-refractivity contribution in [3.63, 3.8) is 0 Å². The van der Waals surface area contributed by atoms with Crippen LogP contribution in [0.1, 0.15) is 17.2 Å². The number of aliphatic hydroxyl groups is 1. The highest BCUT2D eigenvalue weighted by atomic mass is 35.5. The number of Topliss-reactive ketones (excluding diaryl/α,β-unsaturated/α-hetero) is 1. The van der Waals surface area contributed by atoms with Crippen LogP contribution in [0.5, 0.6) is 0 Å². The molecule has 0 aromatic heterocycles. The van der Waals surface area contributed by atoms with E-state index in [0.717, 1.165) is 5.69 Å². The second kappa shape index (κ2) is 8.99. The van der Waals surface area contributed by atoms with Crippen molar-refractivity contribution in [3.8, 4) is 0 Å². The predicted molar refractivity (Wildman–Crippen MR) is 130 cm³/mol. The molecule has 0 spiro atoms. The first-order chi connectivity index (χ1) is 16.2. The molecule has 1 amide bonds. The van der Waals surface area contributed by atoms with E-state index < -0.39 is 22.7 Å². The SMILES string of the molecule is CN(C)c1ccc(N2C(=O)C(=O)C(=C(O)c3ccc(Cl)cc3)[C@@H]2c2cccc([N+](=O)[O-])c2)cc1. The third-order valence-corrected chi connectivity index (χ3v) is 5.86. The first kappa shape index (κ1) is 23.0. The number of non-ortho nitro benzene ring substituents is 1. The maximum Gasteiger partial charge on any atom is 0.300 e. The Morgan fingerprint density at radius 3 is 2.26 bits per heavy atom. The molecule has 1 atom stereocenters. The summed E-state index contributed by atoms with van der Waals surface area (Å²) in [5.41, 5.74) is 1.55. The van der Waals surface area contributed by atoms with Crippen molar-refractivity contribution in [3.05, 3.63) is 105 Å². The number of carbonyl (C=O) groups excluding carboxylic acids is 2. The lowest BCUT2D eigenvalue weighted by Gasteiger charge is -2.26. The van der Waals surface area contributed by atoms with Gasteiger partial charge in [0.15, 0.2) is 0 Å². The Balaban J connectivity index is 1.93. The van der Waals surface area contributed by atoms with Crippen molar-refractivity contribution >= 4 is 46.1 Å². The van der Waals surface area contributed by atoms with E-state index in [9.17, 15) is 24.8 Å². The normalized spacial score (nSPS) is 17.1. The zero-order valence-electron chi connectivity index (χ0n) is 18.3.